The van der Waals surface area contributed by atoms with Crippen LogP contribution in [-0.2, 0) is 13.2 Å². The molecule has 3 rings (SSSR count). The highest BCUT2D eigenvalue weighted by molar-refractivity contribution is 6.35. The van der Waals surface area contributed by atoms with Gasteiger partial charge in [0.15, 0.2) is 11.5 Å². The number of hydrogen-bond donors (Lipinski definition) is 2. The first-order valence-corrected chi connectivity index (χ1v) is 10.5. The standard InChI is InChI=1S/C22H17Cl4NO4/c1-30-20-7-12(10-27-15-4-5-16(22(28)29)18(25)9-15)6-19(26)21(20)31-11-13-2-3-14(23)8-17(13)24/h2-9,27H,10-11H2,1H3,(H,28,29). The third kappa shape index (κ3) is 5.89. The molecule has 5 nitrogen and oxygen atoms in total. The normalized spacial score (nSPS) is 10.6. The molecule has 0 aliphatic heterocycles. The van der Waals surface area contributed by atoms with Gasteiger partial charge in [0.25, 0.3) is 0 Å². The first-order valence-electron chi connectivity index (χ1n) is 8.98. The fourth-order valence-corrected chi connectivity index (χ4v) is 3.82. The zero-order chi connectivity index (χ0) is 22.5. The van der Waals surface area contributed by atoms with Gasteiger partial charge < -0.3 is 19.9 Å². The Morgan fingerprint density at radius 1 is 0.968 bits per heavy atom. The number of carbonyl (C=O) groups is 1. The van der Waals surface area contributed by atoms with Gasteiger partial charge in [0, 0.05) is 27.8 Å². The number of carboxylic acid groups (broad SMARTS) is 1. The van der Waals surface area contributed by atoms with Crippen molar-refractivity contribution in [3.63, 3.8) is 0 Å². The van der Waals surface area contributed by atoms with Gasteiger partial charge in [0.2, 0.25) is 0 Å². The summed E-state index contributed by atoms with van der Waals surface area (Å²) in [6.45, 7) is 0.597. The molecule has 0 saturated carbocycles. The fraction of sp³-hybridized carbons (Fsp3) is 0.136. The molecule has 2 N–H and O–H groups in total. The van der Waals surface area contributed by atoms with Crippen LogP contribution >= 0.6 is 46.4 Å². The van der Waals surface area contributed by atoms with Gasteiger partial charge in [-0.25, -0.2) is 4.79 Å². The van der Waals surface area contributed by atoms with Crippen molar-refractivity contribution in [1.29, 1.82) is 0 Å². The maximum Gasteiger partial charge on any atom is 0.337 e. The molecular formula is C22H17Cl4NO4. The highest BCUT2D eigenvalue weighted by Gasteiger charge is 2.14. The Morgan fingerprint density at radius 3 is 2.39 bits per heavy atom. The van der Waals surface area contributed by atoms with E-state index in [0.717, 1.165) is 11.1 Å². The van der Waals surface area contributed by atoms with Crippen LogP contribution < -0.4 is 14.8 Å². The second kappa shape index (κ2) is 10.3. The van der Waals surface area contributed by atoms with Crippen LogP contribution in [0.3, 0.4) is 0 Å². The monoisotopic (exact) mass is 499 g/mol. The van der Waals surface area contributed by atoms with Crippen LogP contribution in [0, 0.1) is 0 Å². The molecule has 0 aliphatic carbocycles. The van der Waals surface area contributed by atoms with E-state index in [2.05, 4.69) is 5.32 Å². The van der Waals surface area contributed by atoms with Crippen molar-refractivity contribution in [3.8, 4) is 11.5 Å². The van der Waals surface area contributed by atoms with Crippen LogP contribution in [0.25, 0.3) is 0 Å². The summed E-state index contributed by atoms with van der Waals surface area (Å²) in [5.74, 6) is -0.218. The van der Waals surface area contributed by atoms with E-state index in [4.69, 9.17) is 61.0 Å². The van der Waals surface area contributed by atoms with Crippen molar-refractivity contribution in [2.24, 2.45) is 0 Å². The topological polar surface area (TPSA) is 67.8 Å². The van der Waals surface area contributed by atoms with Gasteiger partial charge in [-0.3, -0.25) is 0 Å². The summed E-state index contributed by atoms with van der Waals surface area (Å²) in [6.07, 6.45) is 0. The lowest BCUT2D eigenvalue weighted by Gasteiger charge is -2.15. The van der Waals surface area contributed by atoms with Gasteiger partial charge in [-0.1, -0.05) is 52.5 Å². The zero-order valence-electron chi connectivity index (χ0n) is 16.2. The number of nitrogens with one attached hydrogen (secondary N) is 1. The first-order chi connectivity index (χ1) is 14.8. The van der Waals surface area contributed by atoms with Crippen LogP contribution in [0.1, 0.15) is 21.5 Å². The van der Waals surface area contributed by atoms with Gasteiger partial charge in [-0.05, 0) is 48.0 Å². The number of anilines is 1. The number of methoxy groups -OCH3 is 1. The van der Waals surface area contributed by atoms with E-state index in [0.29, 0.717) is 38.8 Å². The van der Waals surface area contributed by atoms with Crippen molar-refractivity contribution >= 4 is 58.1 Å². The second-order valence-corrected chi connectivity index (χ2v) is 8.14. The molecule has 0 heterocycles. The average molecular weight is 501 g/mol. The van der Waals surface area contributed by atoms with Crippen molar-refractivity contribution < 1.29 is 19.4 Å². The third-order valence-corrected chi connectivity index (χ3v) is 5.55. The average Bonchev–Trinajstić information content (AvgIpc) is 2.72. The number of benzene rings is 3. The van der Waals surface area contributed by atoms with Gasteiger partial charge >= 0.3 is 5.97 Å². The molecule has 9 heteroatoms. The fourth-order valence-electron chi connectivity index (χ4n) is 2.81. The predicted molar refractivity (Wildman–Crippen MR) is 125 cm³/mol. The maximum atomic E-state index is 11.1. The SMILES string of the molecule is COc1cc(CNc2ccc(C(=O)O)c(Cl)c2)cc(Cl)c1OCc1ccc(Cl)cc1Cl. The quantitative estimate of drug-likeness (QED) is 0.342. The molecule has 0 aromatic heterocycles. The molecule has 0 bridgehead atoms. The largest absolute Gasteiger partial charge is 0.493 e. The van der Waals surface area contributed by atoms with Crippen LogP contribution in [0.5, 0.6) is 11.5 Å². The van der Waals surface area contributed by atoms with Gasteiger partial charge in [-0.15, -0.1) is 0 Å². The van der Waals surface area contributed by atoms with Crippen LogP contribution in [0.15, 0.2) is 48.5 Å². The lowest BCUT2D eigenvalue weighted by molar-refractivity contribution is 0.0697. The summed E-state index contributed by atoms with van der Waals surface area (Å²) in [4.78, 5) is 11.1. The van der Waals surface area contributed by atoms with Crippen molar-refractivity contribution in [3.05, 3.63) is 85.3 Å². The summed E-state index contributed by atoms with van der Waals surface area (Å²) in [6, 6.07) is 13.3. The first kappa shape index (κ1) is 23.4. The molecule has 3 aromatic carbocycles. The van der Waals surface area contributed by atoms with E-state index < -0.39 is 5.97 Å². The highest BCUT2D eigenvalue weighted by Crippen LogP contribution is 2.37. The van der Waals surface area contributed by atoms with Gasteiger partial charge in [-0.2, -0.15) is 0 Å². The van der Waals surface area contributed by atoms with Crippen LogP contribution in [0.4, 0.5) is 5.69 Å². The molecule has 0 spiro atoms. The molecule has 0 unspecified atom stereocenters. The maximum absolute atomic E-state index is 11.1. The Morgan fingerprint density at radius 2 is 1.74 bits per heavy atom. The number of rotatable bonds is 8. The molecular weight excluding hydrogens is 484 g/mol. The van der Waals surface area contributed by atoms with E-state index in [9.17, 15) is 4.79 Å². The molecule has 0 saturated heterocycles. The predicted octanol–water partition coefficient (Wildman–Crippen LogP) is 7.20. The van der Waals surface area contributed by atoms with Crippen molar-refractivity contribution in [2.75, 3.05) is 12.4 Å². The minimum Gasteiger partial charge on any atom is -0.493 e. The van der Waals surface area contributed by atoms with Gasteiger partial charge in [0.05, 0.1) is 22.7 Å². The zero-order valence-corrected chi connectivity index (χ0v) is 19.2. The van der Waals surface area contributed by atoms with Crippen molar-refractivity contribution in [2.45, 2.75) is 13.2 Å². The summed E-state index contributed by atoms with van der Waals surface area (Å²) in [5.41, 5.74) is 2.30. The molecule has 0 atom stereocenters. The summed E-state index contributed by atoms with van der Waals surface area (Å²) in [7, 11) is 1.52. The van der Waals surface area contributed by atoms with E-state index >= 15 is 0 Å². The molecule has 0 radical (unpaired) electrons. The third-order valence-electron chi connectivity index (χ3n) is 4.37. The Hall–Kier alpha value is -2.31. The van der Waals surface area contributed by atoms with Crippen LogP contribution in [0.2, 0.25) is 20.1 Å². The summed E-state index contributed by atoms with van der Waals surface area (Å²) < 4.78 is 11.3. The molecule has 0 amide bonds. The molecule has 31 heavy (non-hydrogen) atoms. The summed E-state index contributed by atoms with van der Waals surface area (Å²) >= 11 is 24.6. The van der Waals surface area contributed by atoms with Gasteiger partial charge in [0.1, 0.15) is 6.61 Å². The lowest BCUT2D eigenvalue weighted by atomic mass is 10.1. The number of aromatic carboxylic acids is 1. The van der Waals surface area contributed by atoms with E-state index in [1.165, 1.54) is 13.2 Å². The molecule has 0 fully saturated rings. The number of halogens is 4. The van der Waals surface area contributed by atoms with E-state index in [-0.39, 0.29) is 17.2 Å². The Labute approximate surface area is 199 Å². The number of hydrogen-bond acceptors (Lipinski definition) is 4. The van der Waals surface area contributed by atoms with E-state index in [1.807, 2.05) is 0 Å². The molecule has 162 valence electrons. The Bertz CT molecular complexity index is 1120. The van der Waals surface area contributed by atoms with Crippen LogP contribution in [-0.4, -0.2) is 18.2 Å². The smallest absolute Gasteiger partial charge is 0.337 e. The Kier molecular flexibility index (Phi) is 7.79. The minimum atomic E-state index is -1.08. The second-order valence-electron chi connectivity index (χ2n) is 6.49. The summed E-state index contributed by atoms with van der Waals surface area (Å²) in [5, 5.41) is 13.8. The number of ether oxygens (including phenoxy) is 2. The van der Waals surface area contributed by atoms with Crippen molar-refractivity contribution in [1.82, 2.24) is 0 Å². The minimum absolute atomic E-state index is 0.0409. The number of carboxylic acids is 1. The molecule has 0 aliphatic rings. The highest BCUT2D eigenvalue weighted by atomic mass is 35.5. The Balaban J connectivity index is 1.73. The van der Waals surface area contributed by atoms with E-state index in [1.54, 1.807) is 42.5 Å². The lowest BCUT2D eigenvalue weighted by Crippen LogP contribution is -2.04. The molecule has 3 aromatic rings.